The van der Waals surface area contributed by atoms with E-state index in [0.717, 1.165) is 55.1 Å². The monoisotopic (exact) mass is 1690 g/mol. The summed E-state index contributed by atoms with van der Waals surface area (Å²) in [5.41, 5.74) is 33.0. The number of carbonyl (C=O) groups excluding carboxylic acids is 4. The summed E-state index contributed by atoms with van der Waals surface area (Å²) >= 11 is 0. The van der Waals surface area contributed by atoms with Crippen LogP contribution in [0.1, 0.15) is 99.7 Å². The Morgan fingerprint density at radius 3 is 1.02 bits per heavy atom. The minimum absolute atomic E-state index is 0.00400. The fourth-order valence-electron chi connectivity index (χ4n) is 11.1. The third-order valence-electron chi connectivity index (χ3n) is 17.6. The number of hydrogen-bond donors (Lipinski definition) is 10. The topological polar surface area (TPSA) is 506 Å². The first kappa shape index (κ1) is 89.5. The highest BCUT2D eigenvalue weighted by molar-refractivity contribution is 7.92. The van der Waals surface area contributed by atoms with Crippen LogP contribution >= 0.6 is 0 Å². The molecule has 0 unspecified atom stereocenters. The summed E-state index contributed by atoms with van der Waals surface area (Å²) in [5.74, 6) is -1.58. The Bertz CT molecular complexity index is 6120. The van der Waals surface area contributed by atoms with Gasteiger partial charge in [-0.3, -0.25) is 24.2 Å². The van der Waals surface area contributed by atoms with Crippen molar-refractivity contribution >= 4 is 109 Å². The predicted molar refractivity (Wildman–Crippen MR) is 460 cm³/mol. The van der Waals surface area contributed by atoms with Gasteiger partial charge in [0.15, 0.2) is 85.4 Å². The molecule has 119 heavy (non-hydrogen) atoms. The zero-order valence-electron chi connectivity index (χ0n) is 66.5. The molecule has 12 rings (SSSR count). The highest BCUT2D eigenvalue weighted by Gasteiger charge is 2.25. The van der Waals surface area contributed by atoms with E-state index in [4.69, 9.17) is 27.7 Å². The summed E-state index contributed by atoms with van der Waals surface area (Å²) < 4.78 is 101. The zero-order valence-corrected chi connectivity index (χ0v) is 69.7. The normalized spacial score (nSPS) is 11.3. The van der Waals surface area contributed by atoms with Gasteiger partial charge in [-0.15, -0.1) is 0 Å². The number of methoxy groups -OCH3 is 1. The average Bonchev–Trinajstić information content (AvgIpc) is 0.773. The molecular weight excluding hydrogens is 1600 g/mol. The van der Waals surface area contributed by atoms with E-state index in [9.17, 15) is 52.8 Å². The maximum atomic E-state index is 12.8. The number of anilines is 8. The van der Waals surface area contributed by atoms with E-state index < -0.39 is 73.5 Å². The van der Waals surface area contributed by atoms with E-state index in [1.165, 1.54) is 92.8 Å². The number of rotatable bonds is 25. The Labute approximate surface area is 689 Å². The van der Waals surface area contributed by atoms with Crippen molar-refractivity contribution < 1.29 is 57.6 Å². The number of nitrogen functional groups attached to an aromatic ring is 4. The molecule has 0 spiro atoms. The summed E-state index contributed by atoms with van der Waals surface area (Å²) in [6, 6.07) is 49.0. The van der Waals surface area contributed by atoms with E-state index >= 15 is 0 Å². The van der Waals surface area contributed by atoms with Crippen molar-refractivity contribution in [1.82, 2.24) is 55.5 Å². The molecule has 5 heterocycles. The Morgan fingerprint density at radius 1 is 0.395 bits per heavy atom. The number of pyridine rings is 1. The van der Waals surface area contributed by atoms with E-state index in [0.29, 0.717) is 73.5 Å². The van der Waals surface area contributed by atoms with E-state index in [1.54, 1.807) is 113 Å². The molecule has 0 saturated carbocycles. The number of aromatic nitrogens is 9. The molecule has 36 heteroatoms. The molecule has 0 atom stereocenters. The van der Waals surface area contributed by atoms with Crippen molar-refractivity contribution in [1.29, 1.82) is 0 Å². The van der Waals surface area contributed by atoms with Crippen LogP contribution in [0.4, 0.5) is 46.0 Å². The second kappa shape index (κ2) is 40.0. The number of nitrogens with two attached hydrogens (primary N) is 4. The first-order valence-electron chi connectivity index (χ1n) is 36.6. The molecule has 4 amide bonds. The number of sulfone groups is 4. The largest absolute Gasteiger partial charge is 0.494 e. The molecule has 14 N–H and O–H groups in total. The van der Waals surface area contributed by atoms with Gasteiger partial charge in [0.1, 0.15) is 11.4 Å². The SMILES string of the molecule is CCCc1cccc(NC(=O)c2nc(-c3ccc(S(=O)(=O)C(C)C)cc3)cnc2N)c1.CNCc1ccc(NC(=O)c2nc(-c3ccc(S(=O)(=O)C(C)C)cc3)cnc2N)cc1.CNCc1ccc(NC(=O)c2nc(-c3ccc(S(C)(=O)=O)cc3)cnc2N)cc1.COc1ccncc1NC(=O)c1nc(-c2ccc(S(C)(=O)=O)cc2)cnc1N. The van der Waals surface area contributed by atoms with Crippen LogP contribution in [0, 0.1) is 0 Å². The Hall–Kier alpha value is -13.4. The summed E-state index contributed by atoms with van der Waals surface area (Å²) in [5, 5.41) is 16.1. The summed E-state index contributed by atoms with van der Waals surface area (Å²) in [6.07, 6.45) is 12.9. The highest BCUT2D eigenvalue weighted by Crippen LogP contribution is 2.30. The van der Waals surface area contributed by atoms with Gasteiger partial charge in [-0.05, 0) is 150 Å². The molecule has 0 radical (unpaired) electrons. The third-order valence-corrected chi connectivity index (χ3v) is 24.2. The lowest BCUT2D eigenvalue weighted by Gasteiger charge is -2.10. The van der Waals surface area contributed by atoms with Crippen LogP contribution < -0.4 is 59.6 Å². The van der Waals surface area contributed by atoms with Crippen LogP contribution in [0.25, 0.3) is 45.0 Å². The summed E-state index contributed by atoms with van der Waals surface area (Å²) in [6.45, 7) is 10.1. The van der Waals surface area contributed by atoms with Crippen molar-refractivity contribution in [2.45, 2.75) is 90.6 Å². The first-order valence-corrected chi connectivity index (χ1v) is 43.5. The van der Waals surface area contributed by atoms with Gasteiger partial charge in [-0.25, -0.2) is 73.5 Å². The Morgan fingerprint density at radius 2 is 0.714 bits per heavy atom. The number of nitrogens with zero attached hydrogens (tertiary/aromatic N) is 9. The van der Waals surface area contributed by atoms with Crippen molar-refractivity contribution in [3.05, 3.63) is 253 Å². The van der Waals surface area contributed by atoms with Crippen molar-refractivity contribution in [3.63, 3.8) is 0 Å². The number of amides is 4. The van der Waals surface area contributed by atoms with Gasteiger partial charge >= 0.3 is 0 Å². The molecule has 618 valence electrons. The van der Waals surface area contributed by atoms with Crippen LogP contribution in [0.15, 0.2) is 233 Å². The van der Waals surface area contributed by atoms with E-state index in [1.807, 2.05) is 56.6 Å². The smallest absolute Gasteiger partial charge is 0.278 e. The second-order valence-corrected chi connectivity index (χ2v) is 36.1. The molecular formula is C83H89N19O13S4. The number of ether oxygens (including phenoxy) is 1. The Balaban J connectivity index is 0.000000181. The van der Waals surface area contributed by atoms with Crippen LogP contribution in [0.2, 0.25) is 0 Å². The maximum Gasteiger partial charge on any atom is 0.278 e. The molecule has 12 aromatic rings. The predicted octanol–water partition coefficient (Wildman–Crippen LogP) is 10.9. The minimum Gasteiger partial charge on any atom is -0.494 e. The molecule has 0 fully saturated rings. The fourth-order valence-corrected chi connectivity index (χ4v) is 14.4. The lowest BCUT2D eigenvalue weighted by atomic mass is 10.1. The van der Waals surface area contributed by atoms with Gasteiger partial charge in [0.05, 0.1) is 91.0 Å². The summed E-state index contributed by atoms with van der Waals surface area (Å²) in [4.78, 5) is 89.1. The second-order valence-electron chi connectivity index (χ2n) is 27.1. The first-order chi connectivity index (χ1) is 56.5. The zero-order chi connectivity index (χ0) is 86.5. The molecule has 0 aliphatic carbocycles. The molecule has 0 bridgehead atoms. The molecule has 0 aliphatic heterocycles. The lowest BCUT2D eigenvalue weighted by Crippen LogP contribution is -2.17. The van der Waals surface area contributed by atoms with Gasteiger partial charge in [-0.2, -0.15) is 0 Å². The van der Waals surface area contributed by atoms with Crippen LogP contribution in [-0.2, 0) is 58.9 Å². The molecule has 0 aliphatic rings. The van der Waals surface area contributed by atoms with Crippen LogP contribution in [-0.4, -0.2) is 146 Å². The highest BCUT2D eigenvalue weighted by atomic mass is 32.2. The Kier molecular flexibility index (Phi) is 30.1. The van der Waals surface area contributed by atoms with Gasteiger partial charge < -0.3 is 59.6 Å². The van der Waals surface area contributed by atoms with Gasteiger partial charge in [0.2, 0.25) is 0 Å². The molecule has 5 aromatic heterocycles. The average molecular weight is 1690 g/mol. The number of aryl methyl sites for hydroxylation is 1. The van der Waals surface area contributed by atoms with Crippen molar-refractivity contribution in [2.24, 2.45) is 0 Å². The fraction of sp³-hybridized carbons (Fsp3) is 0.193. The number of carbonyl (C=O) groups is 4. The standard InChI is InChI=1S/C23H26N4O3S.C22H25N5O3S.C20H21N5O3S.C18H17N5O4S/c1-4-6-16-7-5-8-18(13-16)26-23(28)21-22(24)25-14-20(27-21)17-9-11-19(12-10-17)31(29,30)15(2)3;1-14(2)31(29,30)18-10-6-16(7-11-18)19-13-25-21(23)20(27-19)22(28)26-17-8-4-15(5-9-17)12-24-3;1-22-11-13-3-7-15(8-4-13)24-20(26)18-19(21)23-12-17(25-18)14-5-9-16(10-6-14)29(2,27)28;1-27-15-7-8-20-9-14(15)23-18(24)16-17(19)21-10-13(22-16)11-3-5-12(6-4-11)28(2,25)26/h5,7-15H,4,6H2,1-3H3,(H2,24,25)(H,26,28);4-11,13-14,24H,12H2,1-3H3,(H2,23,25)(H,26,28);3-10,12,22H,11H2,1-2H3,(H2,21,23)(H,24,26);3-10H,1-2H3,(H2,19,21)(H,23,24). The van der Waals surface area contributed by atoms with Gasteiger partial charge in [-0.1, -0.05) is 98.3 Å². The molecule has 0 saturated heterocycles. The molecule has 7 aromatic carbocycles. The summed E-state index contributed by atoms with van der Waals surface area (Å²) in [7, 11) is -8.15. The van der Waals surface area contributed by atoms with Gasteiger partial charge in [0.25, 0.3) is 23.6 Å². The lowest BCUT2D eigenvalue weighted by molar-refractivity contribution is 0.101. The molecule has 32 nitrogen and oxygen atoms in total. The van der Waals surface area contributed by atoms with E-state index in [2.05, 4.69) is 83.7 Å². The van der Waals surface area contributed by atoms with Gasteiger partial charge in [0, 0.05) is 77.2 Å². The number of hydrogen-bond acceptors (Lipinski definition) is 28. The van der Waals surface area contributed by atoms with Crippen LogP contribution in [0.5, 0.6) is 5.75 Å². The third kappa shape index (κ3) is 23.9. The maximum absolute atomic E-state index is 12.8. The van der Waals surface area contributed by atoms with E-state index in [-0.39, 0.29) is 65.6 Å². The quantitative estimate of drug-likeness (QED) is 0.0254. The number of benzene rings is 7. The van der Waals surface area contributed by atoms with Crippen molar-refractivity contribution in [3.8, 4) is 50.8 Å². The minimum atomic E-state index is -3.37. The van der Waals surface area contributed by atoms with Crippen LogP contribution in [0.3, 0.4) is 0 Å². The van der Waals surface area contributed by atoms with Crippen molar-refractivity contribution in [2.75, 3.05) is 77.9 Å². The number of nitrogens with one attached hydrogen (secondary N) is 6.